The van der Waals surface area contributed by atoms with Crippen LogP contribution in [0, 0.1) is 11.3 Å². The predicted molar refractivity (Wildman–Crippen MR) is 98.6 cm³/mol. The van der Waals surface area contributed by atoms with Gasteiger partial charge in [0.25, 0.3) is 0 Å². The zero-order valence-electron chi connectivity index (χ0n) is 14.9. The lowest BCUT2D eigenvalue weighted by Gasteiger charge is -2.25. The second-order valence-electron chi connectivity index (χ2n) is 7.13. The molecule has 1 aliphatic carbocycles. The molecule has 3 heterocycles. The van der Waals surface area contributed by atoms with Gasteiger partial charge in [0.1, 0.15) is 6.10 Å². The van der Waals surface area contributed by atoms with Crippen LogP contribution in [-0.4, -0.2) is 39.8 Å². The van der Waals surface area contributed by atoms with Crippen molar-refractivity contribution in [1.29, 1.82) is 5.41 Å². The molecule has 7 heteroatoms. The largest absolute Gasteiger partial charge is 0.474 e. The number of nitrogens with zero attached hydrogens (tertiary/aromatic N) is 3. The number of hydrogen-bond donors (Lipinski definition) is 2. The molecule has 1 saturated heterocycles. The van der Waals surface area contributed by atoms with Crippen molar-refractivity contribution in [3.8, 4) is 5.88 Å². The summed E-state index contributed by atoms with van der Waals surface area (Å²) in [5.74, 6) is 1.14. The van der Waals surface area contributed by atoms with E-state index in [9.17, 15) is 0 Å². The molecule has 0 unspecified atom stereocenters. The van der Waals surface area contributed by atoms with Crippen molar-refractivity contribution >= 4 is 11.4 Å². The molecule has 2 aromatic rings. The van der Waals surface area contributed by atoms with Crippen LogP contribution >= 0.6 is 0 Å². The van der Waals surface area contributed by atoms with E-state index in [-0.39, 0.29) is 6.10 Å². The van der Waals surface area contributed by atoms with Crippen LogP contribution in [0.25, 0.3) is 0 Å². The van der Waals surface area contributed by atoms with Crippen LogP contribution in [0.15, 0.2) is 24.7 Å². The molecule has 4 rings (SSSR count). The first-order valence-electron chi connectivity index (χ1n) is 9.31. The van der Waals surface area contributed by atoms with Crippen molar-refractivity contribution in [3.05, 3.63) is 35.8 Å². The first kappa shape index (κ1) is 17.0. The first-order valence-corrected chi connectivity index (χ1v) is 9.31. The normalized spacial score (nSPS) is 18.5. The van der Waals surface area contributed by atoms with Gasteiger partial charge in [-0.05, 0) is 24.8 Å². The van der Waals surface area contributed by atoms with E-state index in [1.165, 1.54) is 19.3 Å². The topological polar surface area (TPSA) is 99.0 Å². The molecule has 2 aromatic heterocycles. The summed E-state index contributed by atoms with van der Waals surface area (Å²) in [4.78, 5) is 4.35. The number of hydrogen-bond acceptors (Lipinski definition) is 6. The van der Waals surface area contributed by atoms with Crippen LogP contribution in [0.2, 0.25) is 0 Å². The molecule has 0 atom stereocenters. The number of nitrogens with one attached hydrogen (secondary N) is 1. The van der Waals surface area contributed by atoms with Crippen molar-refractivity contribution in [1.82, 2.24) is 14.8 Å². The van der Waals surface area contributed by atoms with Gasteiger partial charge in [-0.25, -0.2) is 4.98 Å². The molecule has 2 aliphatic rings. The number of anilines is 1. The fourth-order valence-corrected chi connectivity index (χ4v) is 3.43. The van der Waals surface area contributed by atoms with Crippen LogP contribution in [0.1, 0.15) is 43.2 Å². The van der Waals surface area contributed by atoms with E-state index in [0.717, 1.165) is 24.9 Å². The second-order valence-corrected chi connectivity index (χ2v) is 7.13. The van der Waals surface area contributed by atoms with Crippen LogP contribution in [0.5, 0.6) is 5.88 Å². The highest BCUT2D eigenvalue weighted by molar-refractivity contribution is 6.15. The van der Waals surface area contributed by atoms with Gasteiger partial charge in [0.2, 0.25) is 5.88 Å². The van der Waals surface area contributed by atoms with Gasteiger partial charge < -0.3 is 15.2 Å². The van der Waals surface area contributed by atoms with E-state index < -0.39 is 0 Å². The second kappa shape index (κ2) is 7.45. The number of aromatic nitrogens is 3. The van der Waals surface area contributed by atoms with Gasteiger partial charge in [0, 0.05) is 43.0 Å². The highest BCUT2D eigenvalue weighted by Crippen LogP contribution is 2.29. The lowest BCUT2D eigenvalue weighted by Crippen LogP contribution is -2.27. The molecule has 1 saturated carbocycles. The van der Waals surface area contributed by atoms with Crippen molar-refractivity contribution < 1.29 is 9.47 Å². The third kappa shape index (κ3) is 3.58. The van der Waals surface area contributed by atoms with Gasteiger partial charge in [0.05, 0.1) is 30.7 Å². The molecule has 138 valence electrons. The van der Waals surface area contributed by atoms with Gasteiger partial charge in [-0.1, -0.05) is 6.42 Å². The highest BCUT2D eigenvalue weighted by atomic mass is 16.5. The zero-order valence-corrected chi connectivity index (χ0v) is 14.9. The van der Waals surface area contributed by atoms with E-state index in [1.54, 1.807) is 18.5 Å². The minimum absolute atomic E-state index is 0.0472. The smallest absolute Gasteiger partial charge is 0.225 e. The SMILES string of the molecule is N=C(c1cnn(CC2CCC2)c1)c1c(N)ccnc1OC1CCOCC1. The number of pyridine rings is 1. The molecule has 0 aromatic carbocycles. The first-order chi connectivity index (χ1) is 12.7. The number of rotatable bonds is 6. The lowest BCUT2D eigenvalue weighted by molar-refractivity contribution is 0.0237. The molecule has 0 spiro atoms. The predicted octanol–water partition coefficient (Wildman–Crippen LogP) is 2.63. The average Bonchev–Trinajstić information content (AvgIpc) is 3.08. The minimum atomic E-state index is 0.0472. The van der Waals surface area contributed by atoms with E-state index >= 15 is 0 Å². The van der Waals surface area contributed by atoms with Crippen LogP contribution in [-0.2, 0) is 11.3 Å². The summed E-state index contributed by atoms with van der Waals surface area (Å²) in [5.41, 5.74) is 8.25. The van der Waals surface area contributed by atoms with Crippen LogP contribution < -0.4 is 10.5 Å². The number of nitrogens with two attached hydrogens (primary N) is 1. The summed E-state index contributed by atoms with van der Waals surface area (Å²) in [6.07, 6.45) is 10.8. The lowest BCUT2D eigenvalue weighted by atomic mass is 9.85. The van der Waals surface area contributed by atoms with E-state index in [0.29, 0.717) is 42.0 Å². The van der Waals surface area contributed by atoms with E-state index in [1.807, 2.05) is 10.9 Å². The van der Waals surface area contributed by atoms with Gasteiger partial charge >= 0.3 is 0 Å². The maximum atomic E-state index is 8.65. The fraction of sp³-hybridized carbons (Fsp3) is 0.526. The Hall–Kier alpha value is -2.41. The Bertz CT molecular complexity index is 778. The maximum Gasteiger partial charge on any atom is 0.225 e. The molecule has 26 heavy (non-hydrogen) atoms. The highest BCUT2D eigenvalue weighted by Gasteiger charge is 2.23. The molecular weight excluding hydrogens is 330 g/mol. The third-order valence-electron chi connectivity index (χ3n) is 5.24. The number of nitrogen functional groups attached to an aromatic ring is 1. The van der Waals surface area contributed by atoms with Crippen LogP contribution in [0.4, 0.5) is 5.69 Å². The van der Waals surface area contributed by atoms with Crippen molar-refractivity contribution in [2.24, 2.45) is 5.92 Å². The molecule has 7 nitrogen and oxygen atoms in total. The Morgan fingerprint density at radius 3 is 2.85 bits per heavy atom. The average molecular weight is 355 g/mol. The van der Waals surface area contributed by atoms with Gasteiger partial charge in [-0.3, -0.25) is 10.1 Å². The molecule has 0 amide bonds. The summed E-state index contributed by atoms with van der Waals surface area (Å²) in [5, 5.41) is 13.1. The monoisotopic (exact) mass is 355 g/mol. The van der Waals surface area contributed by atoms with E-state index in [4.69, 9.17) is 20.6 Å². The Balaban J connectivity index is 1.54. The Morgan fingerprint density at radius 1 is 1.31 bits per heavy atom. The molecule has 2 fully saturated rings. The van der Waals surface area contributed by atoms with E-state index in [2.05, 4.69) is 10.1 Å². The molecule has 1 aliphatic heterocycles. The van der Waals surface area contributed by atoms with Crippen molar-refractivity contribution in [3.63, 3.8) is 0 Å². The van der Waals surface area contributed by atoms with Gasteiger partial charge in [-0.15, -0.1) is 0 Å². The summed E-state index contributed by atoms with van der Waals surface area (Å²) in [6, 6.07) is 1.71. The minimum Gasteiger partial charge on any atom is -0.474 e. The van der Waals surface area contributed by atoms with Crippen LogP contribution in [0.3, 0.4) is 0 Å². The maximum absolute atomic E-state index is 8.65. The molecule has 0 radical (unpaired) electrons. The molecule has 0 bridgehead atoms. The van der Waals surface area contributed by atoms with Gasteiger partial charge in [-0.2, -0.15) is 5.10 Å². The summed E-state index contributed by atoms with van der Waals surface area (Å²) in [6.45, 7) is 2.29. The quantitative estimate of drug-likeness (QED) is 0.776. The summed E-state index contributed by atoms with van der Waals surface area (Å²) < 4.78 is 13.4. The Labute approximate surface area is 153 Å². The fourth-order valence-electron chi connectivity index (χ4n) is 3.43. The standard InChI is InChI=1S/C19H25N5O2/c20-16-4-7-22-19(26-15-5-8-25-9-6-15)17(16)18(21)14-10-23-24(12-14)11-13-2-1-3-13/h4,7,10,12-13,15,21H,1-3,5-6,8-9,11H2,(H2,20,22). The van der Waals surface area contributed by atoms with Gasteiger partial charge in [0.15, 0.2) is 0 Å². The Kier molecular flexibility index (Phi) is 4.88. The molecular formula is C19H25N5O2. The zero-order chi connectivity index (χ0) is 17.9. The Morgan fingerprint density at radius 2 is 2.12 bits per heavy atom. The number of ether oxygens (including phenoxy) is 2. The van der Waals surface area contributed by atoms with Crippen molar-refractivity contribution in [2.45, 2.75) is 44.8 Å². The third-order valence-corrected chi connectivity index (χ3v) is 5.24. The molecule has 3 N–H and O–H groups in total. The summed E-state index contributed by atoms with van der Waals surface area (Å²) >= 11 is 0. The van der Waals surface area contributed by atoms with Crippen molar-refractivity contribution in [2.75, 3.05) is 18.9 Å². The summed E-state index contributed by atoms with van der Waals surface area (Å²) in [7, 11) is 0.